The number of rotatable bonds is 5. The van der Waals surface area contributed by atoms with Crippen LogP contribution in [0.2, 0.25) is 0 Å². The Morgan fingerprint density at radius 1 is 1.06 bits per heavy atom. The number of benzene rings is 3. The Morgan fingerprint density at radius 3 is 2.56 bits per heavy atom. The molecule has 4 rings (SSSR count). The van der Waals surface area contributed by atoms with Crippen molar-refractivity contribution in [1.82, 2.24) is 5.32 Å². The van der Waals surface area contributed by atoms with Crippen molar-refractivity contribution in [2.75, 3.05) is 14.2 Å². The molecular formula is C25H24BrN2O4+. The maximum absolute atomic E-state index is 11.8. The summed E-state index contributed by atoms with van der Waals surface area (Å²) in [6.07, 6.45) is 1.95. The van der Waals surface area contributed by atoms with Gasteiger partial charge in [0, 0.05) is 27.4 Å². The van der Waals surface area contributed by atoms with E-state index < -0.39 is 0 Å². The second-order valence-electron chi connectivity index (χ2n) is 7.47. The number of aromatic hydroxyl groups is 1. The van der Waals surface area contributed by atoms with Crippen LogP contribution >= 0.6 is 15.9 Å². The number of nitrogens with one attached hydrogen (secondary N) is 1. The topological polar surface area (TPSA) is 84.4 Å². The zero-order valence-electron chi connectivity index (χ0n) is 17.7. The Bertz CT molecular complexity index is 1160. The smallest absolute Gasteiger partial charge is 0.337 e. The van der Waals surface area contributed by atoms with Gasteiger partial charge < -0.3 is 25.2 Å². The molecule has 0 saturated carbocycles. The summed E-state index contributed by atoms with van der Waals surface area (Å²) >= 11 is 3.51. The SMILES string of the molecule is COC(=O)c1ccc(C2NC(c3cccc(OC)c3)=CC(c3cc(Br)ccc3O)[NH2+]2)cc1. The van der Waals surface area contributed by atoms with Crippen molar-refractivity contribution in [3.05, 3.63) is 99.5 Å². The molecule has 0 amide bonds. The summed E-state index contributed by atoms with van der Waals surface area (Å²) in [6, 6.07) is 20.5. The fraction of sp³-hybridized carbons (Fsp3) is 0.160. The lowest BCUT2D eigenvalue weighted by Gasteiger charge is -2.30. The van der Waals surface area contributed by atoms with Gasteiger partial charge in [-0.3, -0.25) is 0 Å². The molecule has 0 saturated heterocycles. The number of carbonyl (C=O) groups is 1. The number of phenolic OH excluding ortho intramolecular Hbond substituents is 1. The number of esters is 1. The van der Waals surface area contributed by atoms with Gasteiger partial charge >= 0.3 is 5.97 Å². The zero-order valence-corrected chi connectivity index (χ0v) is 19.3. The number of carbonyl (C=O) groups excluding carboxylic acids is 1. The van der Waals surface area contributed by atoms with Crippen LogP contribution < -0.4 is 15.4 Å². The highest BCUT2D eigenvalue weighted by atomic mass is 79.9. The van der Waals surface area contributed by atoms with Crippen LogP contribution in [-0.2, 0) is 4.74 Å². The molecule has 2 atom stereocenters. The lowest BCUT2D eigenvalue weighted by atomic mass is 9.97. The molecule has 1 aliphatic heterocycles. The van der Waals surface area contributed by atoms with Crippen LogP contribution in [0, 0.1) is 0 Å². The second kappa shape index (κ2) is 9.46. The predicted molar refractivity (Wildman–Crippen MR) is 125 cm³/mol. The molecule has 2 unspecified atom stereocenters. The lowest BCUT2D eigenvalue weighted by Crippen LogP contribution is -2.89. The number of nitrogens with two attached hydrogens (primary N) is 1. The van der Waals surface area contributed by atoms with Crippen LogP contribution in [0.1, 0.15) is 39.3 Å². The molecular weight excluding hydrogens is 472 g/mol. The van der Waals surface area contributed by atoms with Gasteiger partial charge in [-0.25, -0.2) is 4.79 Å². The molecule has 1 heterocycles. The first-order valence-electron chi connectivity index (χ1n) is 10.1. The highest BCUT2D eigenvalue weighted by molar-refractivity contribution is 9.10. The van der Waals surface area contributed by atoms with Crippen LogP contribution in [-0.4, -0.2) is 25.3 Å². The van der Waals surface area contributed by atoms with E-state index >= 15 is 0 Å². The van der Waals surface area contributed by atoms with Crippen LogP contribution in [0.25, 0.3) is 5.70 Å². The quantitative estimate of drug-likeness (QED) is 0.467. The zero-order chi connectivity index (χ0) is 22.7. The summed E-state index contributed by atoms with van der Waals surface area (Å²) in [5.41, 5.74) is 4.20. The number of halogens is 1. The number of phenols is 1. The Labute approximate surface area is 195 Å². The van der Waals surface area contributed by atoms with Gasteiger partial charge in [-0.05, 0) is 42.5 Å². The third-order valence-electron chi connectivity index (χ3n) is 5.48. The van der Waals surface area contributed by atoms with Crippen LogP contribution in [0.15, 0.2) is 77.3 Å². The van der Waals surface area contributed by atoms with E-state index in [1.807, 2.05) is 48.5 Å². The summed E-state index contributed by atoms with van der Waals surface area (Å²) in [6.45, 7) is 0. The molecule has 0 fully saturated rings. The molecule has 3 aromatic rings. The molecule has 4 N–H and O–H groups in total. The molecule has 0 spiro atoms. The van der Waals surface area contributed by atoms with E-state index in [2.05, 4.69) is 32.6 Å². The molecule has 0 radical (unpaired) electrons. The number of methoxy groups -OCH3 is 2. The minimum atomic E-state index is -0.369. The normalized spacial score (nSPS) is 17.8. The fourth-order valence-electron chi connectivity index (χ4n) is 3.80. The second-order valence-corrected chi connectivity index (χ2v) is 8.38. The maximum Gasteiger partial charge on any atom is 0.337 e. The standard InChI is InChI=1S/C25H23BrN2O4/c1-31-19-5-3-4-17(12-19)21-14-22(20-13-18(26)10-11-23(20)29)28-24(27-21)15-6-8-16(9-7-15)25(30)32-2/h3-14,22,24,27-29H,1-2H3/p+1. The van der Waals surface area contributed by atoms with Gasteiger partial charge in [0.2, 0.25) is 0 Å². The minimum absolute atomic E-state index is 0.139. The van der Waals surface area contributed by atoms with Gasteiger partial charge in [0.1, 0.15) is 17.5 Å². The van der Waals surface area contributed by atoms with Crippen molar-refractivity contribution in [1.29, 1.82) is 0 Å². The van der Waals surface area contributed by atoms with Crippen molar-refractivity contribution in [3.8, 4) is 11.5 Å². The molecule has 1 aliphatic rings. The Morgan fingerprint density at radius 2 is 1.84 bits per heavy atom. The molecule has 32 heavy (non-hydrogen) atoms. The van der Waals surface area contributed by atoms with Crippen molar-refractivity contribution in [3.63, 3.8) is 0 Å². The van der Waals surface area contributed by atoms with Crippen molar-refractivity contribution in [2.24, 2.45) is 0 Å². The van der Waals surface area contributed by atoms with Gasteiger partial charge in [0.05, 0.1) is 25.3 Å². The fourth-order valence-corrected chi connectivity index (χ4v) is 4.18. The largest absolute Gasteiger partial charge is 0.507 e. The van der Waals surface area contributed by atoms with Crippen LogP contribution in [0.3, 0.4) is 0 Å². The van der Waals surface area contributed by atoms with E-state index in [0.717, 1.165) is 32.6 Å². The third-order valence-corrected chi connectivity index (χ3v) is 5.97. The van der Waals surface area contributed by atoms with Crippen molar-refractivity contribution >= 4 is 27.6 Å². The summed E-state index contributed by atoms with van der Waals surface area (Å²) in [4.78, 5) is 11.8. The predicted octanol–water partition coefficient (Wildman–Crippen LogP) is 3.90. The monoisotopic (exact) mass is 495 g/mol. The van der Waals surface area contributed by atoms with E-state index in [4.69, 9.17) is 9.47 Å². The third kappa shape index (κ3) is 4.64. The van der Waals surface area contributed by atoms with Crippen LogP contribution in [0.5, 0.6) is 11.5 Å². The minimum Gasteiger partial charge on any atom is -0.507 e. The van der Waals surface area contributed by atoms with E-state index in [-0.39, 0.29) is 23.9 Å². The van der Waals surface area contributed by atoms with E-state index in [0.29, 0.717) is 5.56 Å². The van der Waals surface area contributed by atoms with Crippen molar-refractivity contribution < 1.29 is 24.7 Å². The number of hydrogen-bond donors (Lipinski definition) is 3. The van der Waals surface area contributed by atoms with Crippen molar-refractivity contribution in [2.45, 2.75) is 12.2 Å². The summed E-state index contributed by atoms with van der Waals surface area (Å²) in [7, 11) is 3.01. The summed E-state index contributed by atoms with van der Waals surface area (Å²) in [5, 5.41) is 16.3. The molecule has 7 heteroatoms. The molecule has 0 aliphatic carbocycles. The lowest BCUT2D eigenvalue weighted by molar-refractivity contribution is -0.731. The highest BCUT2D eigenvalue weighted by Crippen LogP contribution is 2.31. The highest BCUT2D eigenvalue weighted by Gasteiger charge is 2.29. The summed E-state index contributed by atoms with van der Waals surface area (Å²) in [5.74, 6) is 0.629. The van der Waals surface area contributed by atoms with Gasteiger partial charge in [0.25, 0.3) is 0 Å². The first-order valence-corrected chi connectivity index (χ1v) is 10.9. The van der Waals surface area contributed by atoms with Gasteiger partial charge in [-0.1, -0.05) is 40.2 Å². The molecule has 3 aromatic carbocycles. The number of quaternary nitrogens is 1. The van der Waals surface area contributed by atoms with E-state index in [9.17, 15) is 9.90 Å². The van der Waals surface area contributed by atoms with E-state index in [1.54, 1.807) is 25.3 Å². The first-order chi connectivity index (χ1) is 15.5. The molecule has 164 valence electrons. The number of hydrogen-bond acceptors (Lipinski definition) is 5. The van der Waals surface area contributed by atoms with Gasteiger partial charge in [-0.15, -0.1) is 0 Å². The maximum atomic E-state index is 11.8. The Kier molecular flexibility index (Phi) is 6.48. The average Bonchev–Trinajstić information content (AvgIpc) is 2.84. The average molecular weight is 496 g/mol. The molecule has 0 aromatic heterocycles. The Hall–Kier alpha value is -3.29. The molecule has 6 nitrogen and oxygen atoms in total. The first kappa shape index (κ1) is 21.9. The van der Waals surface area contributed by atoms with Gasteiger partial charge in [0.15, 0.2) is 6.17 Å². The summed E-state index contributed by atoms with van der Waals surface area (Å²) < 4.78 is 11.1. The Balaban J connectivity index is 1.74. The van der Waals surface area contributed by atoms with Crippen LogP contribution in [0.4, 0.5) is 0 Å². The molecule has 0 bridgehead atoms. The van der Waals surface area contributed by atoms with Gasteiger partial charge in [-0.2, -0.15) is 0 Å². The van der Waals surface area contributed by atoms with E-state index in [1.165, 1.54) is 7.11 Å². The number of ether oxygens (including phenoxy) is 2.